The van der Waals surface area contributed by atoms with Gasteiger partial charge in [0.1, 0.15) is 5.69 Å². The van der Waals surface area contributed by atoms with Crippen LogP contribution in [0.1, 0.15) is 46.1 Å². The zero-order valence-corrected chi connectivity index (χ0v) is 18.6. The maximum atomic E-state index is 13.7. The molecule has 0 N–H and O–H groups in total. The SMILES string of the molecule is Cc1nc(C(=O)N2CCCC[C@H]2Cc2cn3ccnc(C)c3n2)c(-c2ccccc2)s1. The van der Waals surface area contributed by atoms with Crippen molar-refractivity contribution in [3.63, 3.8) is 0 Å². The fraction of sp³-hybridized carbons (Fsp3) is 0.333. The maximum Gasteiger partial charge on any atom is 0.274 e. The number of likely N-dealkylation sites (tertiary alicyclic amines) is 1. The monoisotopic (exact) mass is 431 g/mol. The van der Waals surface area contributed by atoms with Gasteiger partial charge in [-0.15, -0.1) is 11.3 Å². The van der Waals surface area contributed by atoms with Gasteiger partial charge in [-0.3, -0.25) is 9.78 Å². The number of aryl methyl sites for hydroxylation is 2. The number of hydrogen-bond acceptors (Lipinski definition) is 5. The first-order chi connectivity index (χ1) is 15.1. The second-order valence-electron chi connectivity index (χ2n) is 8.10. The van der Waals surface area contributed by atoms with Gasteiger partial charge in [0.05, 0.1) is 21.3 Å². The number of nitrogens with zero attached hydrogens (tertiary/aromatic N) is 5. The van der Waals surface area contributed by atoms with Crippen LogP contribution in [0.25, 0.3) is 16.1 Å². The molecule has 158 valence electrons. The summed E-state index contributed by atoms with van der Waals surface area (Å²) in [7, 11) is 0. The van der Waals surface area contributed by atoms with Gasteiger partial charge in [-0.25, -0.2) is 9.97 Å². The number of carbonyl (C=O) groups excluding carboxylic acids is 1. The van der Waals surface area contributed by atoms with Gasteiger partial charge in [0.15, 0.2) is 5.65 Å². The number of fused-ring (bicyclic) bond motifs is 1. The molecule has 4 heterocycles. The summed E-state index contributed by atoms with van der Waals surface area (Å²) >= 11 is 1.59. The Kier molecular flexibility index (Phi) is 5.28. The Morgan fingerprint density at radius 2 is 2.00 bits per heavy atom. The van der Waals surface area contributed by atoms with Crippen molar-refractivity contribution in [3.8, 4) is 10.4 Å². The lowest BCUT2D eigenvalue weighted by Crippen LogP contribution is -2.45. The summed E-state index contributed by atoms with van der Waals surface area (Å²) in [4.78, 5) is 30.4. The standard InChI is InChI=1S/C24H25N5OS/c1-16-23-27-19(15-28(23)13-11-25-16)14-20-10-6-7-12-29(20)24(30)21-22(31-17(2)26-21)18-8-4-3-5-9-18/h3-5,8-9,11,13,15,20H,6-7,10,12,14H2,1-2H3/t20-/m0/s1. The van der Waals surface area contributed by atoms with Crippen molar-refractivity contribution in [2.75, 3.05) is 6.54 Å². The molecule has 1 atom stereocenters. The van der Waals surface area contributed by atoms with Gasteiger partial charge in [-0.2, -0.15) is 0 Å². The fourth-order valence-electron chi connectivity index (χ4n) is 4.41. The number of amides is 1. The van der Waals surface area contributed by atoms with Gasteiger partial charge in [0.25, 0.3) is 5.91 Å². The van der Waals surface area contributed by atoms with Crippen LogP contribution in [0.15, 0.2) is 48.9 Å². The van der Waals surface area contributed by atoms with Gasteiger partial charge in [0, 0.05) is 37.6 Å². The summed E-state index contributed by atoms with van der Waals surface area (Å²) in [5, 5.41) is 0.916. The second kappa shape index (κ2) is 8.23. The Morgan fingerprint density at radius 3 is 2.81 bits per heavy atom. The molecule has 4 aromatic rings. The van der Waals surface area contributed by atoms with Crippen molar-refractivity contribution >= 4 is 22.9 Å². The van der Waals surface area contributed by atoms with Crippen LogP contribution in [0.4, 0.5) is 0 Å². The minimum Gasteiger partial charge on any atom is -0.334 e. The zero-order valence-electron chi connectivity index (χ0n) is 17.8. The average molecular weight is 432 g/mol. The van der Waals surface area contributed by atoms with Gasteiger partial charge < -0.3 is 9.30 Å². The van der Waals surface area contributed by atoms with Crippen molar-refractivity contribution in [1.82, 2.24) is 24.3 Å². The van der Waals surface area contributed by atoms with Crippen LogP contribution in [0.5, 0.6) is 0 Å². The van der Waals surface area contributed by atoms with Crippen molar-refractivity contribution in [1.29, 1.82) is 0 Å². The summed E-state index contributed by atoms with van der Waals surface area (Å²) in [5.41, 5.74) is 4.42. The molecule has 7 heteroatoms. The number of imidazole rings is 1. The predicted molar refractivity (Wildman–Crippen MR) is 122 cm³/mol. The number of benzene rings is 1. The molecule has 1 amide bonds. The molecule has 1 fully saturated rings. The Morgan fingerprint density at radius 1 is 1.16 bits per heavy atom. The predicted octanol–water partition coefficient (Wildman–Crippen LogP) is 4.71. The number of aromatic nitrogens is 4. The van der Waals surface area contributed by atoms with E-state index in [0.29, 0.717) is 5.69 Å². The van der Waals surface area contributed by atoms with E-state index in [4.69, 9.17) is 4.98 Å². The highest BCUT2D eigenvalue weighted by atomic mass is 32.1. The molecular weight excluding hydrogens is 406 g/mol. The van der Waals surface area contributed by atoms with Crippen LogP contribution in [-0.4, -0.2) is 42.7 Å². The van der Waals surface area contributed by atoms with E-state index in [0.717, 1.165) is 64.7 Å². The Labute approximate surface area is 185 Å². The van der Waals surface area contributed by atoms with Crippen molar-refractivity contribution in [3.05, 3.63) is 71.0 Å². The normalized spacial score (nSPS) is 16.7. The number of rotatable bonds is 4. The third-order valence-corrected chi connectivity index (χ3v) is 6.93. The molecular formula is C24H25N5OS. The maximum absolute atomic E-state index is 13.7. The lowest BCUT2D eigenvalue weighted by Gasteiger charge is -2.35. The highest BCUT2D eigenvalue weighted by Gasteiger charge is 2.31. The summed E-state index contributed by atoms with van der Waals surface area (Å²) in [6.07, 6.45) is 9.66. The third-order valence-electron chi connectivity index (χ3n) is 5.91. The van der Waals surface area contributed by atoms with Crippen LogP contribution >= 0.6 is 11.3 Å². The average Bonchev–Trinajstić information content (AvgIpc) is 3.38. The van der Waals surface area contributed by atoms with Gasteiger partial charge in [-0.1, -0.05) is 30.3 Å². The van der Waals surface area contributed by atoms with Crippen LogP contribution < -0.4 is 0 Å². The molecule has 0 unspecified atom stereocenters. The number of piperidine rings is 1. The molecule has 0 bridgehead atoms. The number of thiazole rings is 1. The van der Waals surface area contributed by atoms with Crippen molar-refractivity contribution in [2.24, 2.45) is 0 Å². The molecule has 6 nitrogen and oxygen atoms in total. The third kappa shape index (κ3) is 3.85. The topological polar surface area (TPSA) is 63.4 Å². The molecule has 1 aromatic carbocycles. The summed E-state index contributed by atoms with van der Waals surface area (Å²) < 4.78 is 2.02. The molecule has 0 saturated carbocycles. The highest BCUT2D eigenvalue weighted by Crippen LogP contribution is 2.32. The van der Waals surface area contributed by atoms with E-state index in [2.05, 4.69) is 16.2 Å². The van der Waals surface area contributed by atoms with Crippen LogP contribution in [0.3, 0.4) is 0 Å². The molecule has 1 aliphatic rings. The molecule has 1 saturated heterocycles. The molecule has 0 spiro atoms. The van der Waals surface area contributed by atoms with Gasteiger partial charge in [0.2, 0.25) is 0 Å². The Balaban J connectivity index is 1.44. The molecule has 0 radical (unpaired) electrons. The van der Waals surface area contributed by atoms with Crippen LogP contribution in [0.2, 0.25) is 0 Å². The van der Waals surface area contributed by atoms with E-state index in [1.807, 2.05) is 59.7 Å². The molecule has 31 heavy (non-hydrogen) atoms. The first kappa shape index (κ1) is 19.9. The fourth-order valence-corrected chi connectivity index (χ4v) is 5.33. The molecule has 3 aromatic heterocycles. The van der Waals surface area contributed by atoms with Crippen molar-refractivity contribution in [2.45, 2.75) is 45.6 Å². The minimum absolute atomic E-state index is 0.0366. The van der Waals surface area contributed by atoms with E-state index >= 15 is 0 Å². The van der Waals surface area contributed by atoms with Gasteiger partial charge >= 0.3 is 0 Å². The summed E-state index contributed by atoms with van der Waals surface area (Å²) in [5.74, 6) is 0.0366. The van der Waals surface area contributed by atoms with E-state index in [9.17, 15) is 4.79 Å². The Hall–Kier alpha value is -3.06. The quantitative estimate of drug-likeness (QED) is 0.470. The van der Waals surface area contributed by atoms with Crippen LogP contribution in [0, 0.1) is 13.8 Å². The number of hydrogen-bond donors (Lipinski definition) is 0. The first-order valence-corrected chi connectivity index (χ1v) is 11.5. The second-order valence-corrected chi connectivity index (χ2v) is 9.31. The highest BCUT2D eigenvalue weighted by molar-refractivity contribution is 7.15. The molecule has 0 aliphatic carbocycles. The number of carbonyl (C=O) groups is 1. The zero-order chi connectivity index (χ0) is 21.4. The van der Waals surface area contributed by atoms with E-state index in [-0.39, 0.29) is 11.9 Å². The molecule has 1 aliphatic heterocycles. The van der Waals surface area contributed by atoms with E-state index < -0.39 is 0 Å². The largest absolute Gasteiger partial charge is 0.334 e. The molecule has 5 rings (SSSR count). The van der Waals surface area contributed by atoms with Crippen LogP contribution in [-0.2, 0) is 6.42 Å². The van der Waals surface area contributed by atoms with E-state index in [1.54, 1.807) is 17.5 Å². The van der Waals surface area contributed by atoms with E-state index in [1.165, 1.54) is 0 Å². The first-order valence-electron chi connectivity index (χ1n) is 10.7. The van der Waals surface area contributed by atoms with Crippen molar-refractivity contribution < 1.29 is 4.79 Å². The van der Waals surface area contributed by atoms with Gasteiger partial charge in [-0.05, 0) is 38.7 Å². The lowest BCUT2D eigenvalue weighted by atomic mass is 9.97. The smallest absolute Gasteiger partial charge is 0.274 e. The minimum atomic E-state index is 0.0366. The summed E-state index contributed by atoms with van der Waals surface area (Å²) in [6.45, 7) is 4.70. The summed E-state index contributed by atoms with van der Waals surface area (Å²) in [6, 6.07) is 10.2. The Bertz CT molecular complexity index is 1230. The lowest BCUT2D eigenvalue weighted by molar-refractivity contribution is 0.0608.